The van der Waals surface area contributed by atoms with E-state index in [0.29, 0.717) is 23.4 Å². The first-order valence-electron chi connectivity index (χ1n) is 11.4. The maximum atomic E-state index is 13.1. The molecule has 1 aliphatic heterocycles. The largest absolute Gasteiger partial charge is 0.390 e. The molecule has 30 heavy (non-hydrogen) atoms. The van der Waals surface area contributed by atoms with Gasteiger partial charge in [0.25, 0.3) is 5.91 Å². The summed E-state index contributed by atoms with van der Waals surface area (Å²) in [5.74, 6) is 2.26. The third kappa shape index (κ3) is 3.11. The topological polar surface area (TPSA) is 65.5 Å². The summed E-state index contributed by atoms with van der Waals surface area (Å²) >= 11 is 0. The number of nitrogens with one attached hydrogen (secondary N) is 1. The molecular weight excluding hydrogens is 374 g/mol. The second-order valence-electron chi connectivity index (χ2n) is 10.0. The molecule has 7 rings (SSSR count). The summed E-state index contributed by atoms with van der Waals surface area (Å²) in [6.07, 6.45) is 5.93. The number of rotatable bonds is 3. The number of fused-ring (bicyclic) bond motifs is 1. The lowest BCUT2D eigenvalue weighted by atomic mass is 9.52. The number of hydrogen-bond acceptors (Lipinski definition) is 4. The predicted molar refractivity (Wildman–Crippen MR) is 115 cm³/mol. The molecule has 0 radical (unpaired) electrons. The minimum absolute atomic E-state index is 0.0706. The van der Waals surface area contributed by atoms with Gasteiger partial charge < -0.3 is 15.3 Å². The van der Waals surface area contributed by atoms with Crippen LogP contribution in [0, 0.1) is 17.8 Å². The zero-order valence-corrected chi connectivity index (χ0v) is 17.3. The third-order valence-electron chi connectivity index (χ3n) is 7.96. The number of aromatic nitrogens is 1. The van der Waals surface area contributed by atoms with Crippen LogP contribution in [-0.2, 0) is 13.0 Å². The minimum Gasteiger partial charge on any atom is -0.390 e. The Kier molecular flexibility index (Phi) is 4.17. The third-order valence-corrected chi connectivity index (χ3v) is 7.96. The van der Waals surface area contributed by atoms with Gasteiger partial charge in [-0.15, -0.1) is 0 Å². The summed E-state index contributed by atoms with van der Waals surface area (Å²) in [4.78, 5) is 20.1. The lowest BCUT2D eigenvalue weighted by Crippen LogP contribution is -2.61. The summed E-state index contributed by atoms with van der Waals surface area (Å²) in [5, 5.41) is 14.1. The van der Waals surface area contributed by atoms with E-state index < -0.39 is 5.60 Å². The van der Waals surface area contributed by atoms with E-state index in [2.05, 4.69) is 34.5 Å². The van der Waals surface area contributed by atoms with Crippen LogP contribution in [0.1, 0.15) is 53.7 Å². The molecule has 1 amide bonds. The van der Waals surface area contributed by atoms with Crippen molar-refractivity contribution in [1.82, 2.24) is 10.3 Å². The lowest BCUT2D eigenvalue weighted by molar-refractivity contribution is -0.136. The van der Waals surface area contributed by atoms with Crippen molar-refractivity contribution < 1.29 is 9.90 Å². The maximum absolute atomic E-state index is 13.1. The van der Waals surface area contributed by atoms with Crippen LogP contribution in [0.3, 0.4) is 0 Å². The smallest absolute Gasteiger partial charge is 0.270 e. The van der Waals surface area contributed by atoms with Crippen LogP contribution >= 0.6 is 0 Å². The van der Waals surface area contributed by atoms with Gasteiger partial charge in [0.05, 0.1) is 5.60 Å². The molecule has 5 nitrogen and oxygen atoms in total. The summed E-state index contributed by atoms with van der Waals surface area (Å²) in [6, 6.07) is 14.5. The first-order valence-corrected chi connectivity index (χ1v) is 11.4. The molecule has 4 saturated carbocycles. The van der Waals surface area contributed by atoms with Gasteiger partial charge in [-0.2, -0.15) is 0 Å². The molecular formula is C25H29N3O2. The maximum Gasteiger partial charge on any atom is 0.270 e. The Morgan fingerprint density at radius 3 is 2.57 bits per heavy atom. The van der Waals surface area contributed by atoms with Gasteiger partial charge in [0, 0.05) is 19.1 Å². The number of pyridine rings is 1. The van der Waals surface area contributed by atoms with Crippen LogP contribution in [-0.4, -0.2) is 34.2 Å². The highest BCUT2D eigenvalue weighted by molar-refractivity contribution is 5.93. The summed E-state index contributed by atoms with van der Waals surface area (Å²) in [7, 11) is 0. The zero-order chi connectivity index (χ0) is 20.3. The Morgan fingerprint density at radius 1 is 1.03 bits per heavy atom. The molecule has 5 aliphatic rings. The van der Waals surface area contributed by atoms with Gasteiger partial charge in [0.1, 0.15) is 11.5 Å². The Morgan fingerprint density at radius 2 is 1.80 bits per heavy atom. The second-order valence-corrected chi connectivity index (χ2v) is 10.0. The fourth-order valence-electron chi connectivity index (χ4n) is 6.86. The molecule has 2 aromatic rings. The quantitative estimate of drug-likeness (QED) is 0.825. The van der Waals surface area contributed by atoms with E-state index >= 15 is 0 Å². The number of aliphatic hydroxyl groups is 1. The molecule has 2 unspecified atom stereocenters. The van der Waals surface area contributed by atoms with Gasteiger partial charge in [-0.1, -0.05) is 30.3 Å². The fraction of sp³-hybridized carbons (Fsp3) is 0.520. The summed E-state index contributed by atoms with van der Waals surface area (Å²) in [5.41, 5.74) is 2.78. The van der Waals surface area contributed by atoms with E-state index in [4.69, 9.17) is 4.98 Å². The van der Waals surface area contributed by atoms with E-state index in [0.717, 1.165) is 57.4 Å². The zero-order valence-electron chi connectivity index (χ0n) is 17.3. The van der Waals surface area contributed by atoms with Gasteiger partial charge in [-0.05, 0) is 79.5 Å². The van der Waals surface area contributed by atoms with E-state index in [-0.39, 0.29) is 11.9 Å². The van der Waals surface area contributed by atoms with Crippen molar-refractivity contribution in [2.24, 2.45) is 17.8 Å². The second kappa shape index (κ2) is 6.81. The SMILES string of the molecule is O=C(N[C@H]1C2CC3CC1C[C@](O)(C3)C2)c1cccc(N2CCc3ccccc3C2)n1. The highest BCUT2D eigenvalue weighted by Gasteiger charge is 2.55. The van der Waals surface area contributed by atoms with E-state index in [1.165, 1.54) is 11.1 Å². The number of amides is 1. The molecule has 4 bridgehead atoms. The predicted octanol–water partition coefficient (Wildman–Crippen LogP) is 3.31. The van der Waals surface area contributed by atoms with Crippen molar-refractivity contribution in [3.8, 4) is 0 Å². The normalized spacial score (nSPS) is 34.0. The molecule has 0 saturated heterocycles. The standard InChI is InChI=1S/C25H29N3O2/c29-24(27-23-19-10-16-11-20(23)14-25(30,12-16)13-19)21-6-3-7-22(26-21)28-9-8-17-4-1-2-5-18(17)15-28/h1-7,16,19-20,23,30H,8-15H2,(H,27,29)/t16?,19?,20?,23-,25-. The van der Waals surface area contributed by atoms with Crippen LogP contribution in [0.15, 0.2) is 42.5 Å². The van der Waals surface area contributed by atoms with E-state index in [1.54, 1.807) is 0 Å². The highest BCUT2D eigenvalue weighted by Crippen LogP contribution is 2.55. The summed E-state index contributed by atoms with van der Waals surface area (Å²) in [6.45, 7) is 1.75. The molecule has 0 spiro atoms. The first kappa shape index (κ1) is 18.4. The number of nitrogens with zero attached hydrogens (tertiary/aromatic N) is 2. The van der Waals surface area contributed by atoms with Crippen molar-refractivity contribution in [2.45, 2.75) is 56.7 Å². The van der Waals surface area contributed by atoms with Crippen molar-refractivity contribution in [3.05, 3.63) is 59.3 Å². The van der Waals surface area contributed by atoms with Crippen LogP contribution in [0.2, 0.25) is 0 Å². The molecule has 2 atom stereocenters. The number of hydrogen-bond donors (Lipinski definition) is 2. The van der Waals surface area contributed by atoms with Gasteiger partial charge in [0.15, 0.2) is 0 Å². The highest BCUT2D eigenvalue weighted by atomic mass is 16.3. The molecule has 4 aliphatic carbocycles. The van der Waals surface area contributed by atoms with Crippen molar-refractivity contribution >= 4 is 11.7 Å². The Balaban J connectivity index is 1.18. The van der Waals surface area contributed by atoms with Gasteiger partial charge >= 0.3 is 0 Å². The van der Waals surface area contributed by atoms with Crippen molar-refractivity contribution in [3.63, 3.8) is 0 Å². The van der Waals surface area contributed by atoms with Gasteiger partial charge in [-0.25, -0.2) is 4.98 Å². The monoisotopic (exact) mass is 403 g/mol. The van der Waals surface area contributed by atoms with Gasteiger partial charge in [0.2, 0.25) is 0 Å². The van der Waals surface area contributed by atoms with Crippen LogP contribution in [0.25, 0.3) is 0 Å². The average Bonchev–Trinajstić information content (AvgIpc) is 2.75. The molecule has 156 valence electrons. The van der Waals surface area contributed by atoms with Crippen molar-refractivity contribution in [1.29, 1.82) is 0 Å². The van der Waals surface area contributed by atoms with E-state index in [1.807, 2.05) is 18.2 Å². The fourth-order valence-corrected chi connectivity index (χ4v) is 6.86. The minimum atomic E-state index is -0.472. The number of carbonyl (C=O) groups excluding carboxylic acids is 1. The van der Waals surface area contributed by atoms with E-state index in [9.17, 15) is 9.90 Å². The molecule has 5 heteroatoms. The number of carbonyl (C=O) groups is 1. The number of anilines is 1. The molecule has 1 aromatic heterocycles. The lowest BCUT2D eigenvalue weighted by Gasteiger charge is -2.58. The van der Waals surface area contributed by atoms with Gasteiger partial charge in [-0.3, -0.25) is 4.79 Å². The summed E-state index contributed by atoms with van der Waals surface area (Å²) < 4.78 is 0. The van der Waals surface area contributed by atoms with Crippen LogP contribution in [0.4, 0.5) is 5.82 Å². The molecule has 2 heterocycles. The average molecular weight is 404 g/mol. The Bertz CT molecular complexity index is 974. The molecule has 2 N–H and O–H groups in total. The van der Waals surface area contributed by atoms with Crippen LogP contribution in [0.5, 0.6) is 0 Å². The Hall–Kier alpha value is -2.40. The first-order chi connectivity index (χ1) is 14.6. The van der Waals surface area contributed by atoms with Crippen molar-refractivity contribution in [2.75, 3.05) is 11.4 Å². The van der Waals surface area contributed by atoms with Crippen LogP contribution < -0.4 is 10.2 Å². The number of benzene rings is 1. The Labute approximate surface area is 177 Å². The molecule has 1 aromatic carbocycles. The molecule has 4 fully saturated rings.